The maximum atomic E-state index is 12.6. The monoisotopic (exact) mass is 510 g/mol. The Morgan fingerprint density at radius 1 is 0.694 bits per heavy atom. The van der Waals surface area contributed by atoms with Gasteiger partial charge in [0.1, 0.15) is 17.7 Å². The van der Waals surface area contributed by atoms with Gasteiger partial charge in [-0.15, -0.1) is 9.78 Å². The Hall–Kier alpha value is -3.58. The predicted octanol–water partition coefficient (Wildman–Crippen LogP) is 2.98. The van der Waals surface area contributed by atoms with E-state index in [4.69, 9.17) is 48.0 Å². The lowest BCUT2D eigenvalue weighted by atomic mass is 10.2. The Labute approximate surface area is 208 Å². The van der Waals surface area contributed by atoms with Gasteiger partial charge >= 0.3 is 11.9 Å². The summed E-state index contributed by atoms with van der Waals surface area (Å²) in [6, 6.07) is 9.28. The van der Waals surface area contributed by atoms with Crippen LogP contribution in [0.5, 0.6) is 23.0 Å². The van der Waals surface area contributed by atoms with Crippen molar-refractivity contribution in [1.82, 2.24) is 0 Å². The van der Waals surface area contributed by atoms with Gasteiger partial charge in [-0.3, -0.25) is 9.78 Å². The number of carbonyl (C=O) groups is 2. The average molecular weight is 510 g/mol. The fourth-order valence-corrected chi connectivity index (χ4v) is 2.89. The average Bonchev–Trinajstić information content (AvgIpc) is 2.92. The maximum Gasteiger partial charge on any atom is 0.377 e. The number of rotatable bonds is 16. The first-order chi connectivity index (χ1) is 17.5. The van der Waals surface area contributed by atoms with Crippen LogP contribution in [-0.4, -0.2) is 73.1 Å². The third-order valence-corrected chi connectivity index (χ3v) is 4.54. The Morgan fingerprint density at radius 2 is 1.17 bits per heavy atom. The minimum Gasteiger partial charge on any atom is -0.493 e. The third kappa shape index (κ3) is 7.99. The zero-order valence-corrected chi connectivity index (χ0v) is 20.8. The molecule has 2 rings (SSSR count). The second kappa shape index (κ2) is 15.4. The zero-order chi connectivity index (χ0) is 26.3. The molecule has 0 saturated heterocycles. The van der Waals surface area contributed by atoms with Crippen LogP contribution in [0.15, 0.2) is 36.4 Å². The number of hydrogen-bond acceptors (Lipinski definition) is 12. The number of benzene rings is 2. The molecule has 0 unspecified atom stereocenters. The summed E-state index contributed by atoms with van der Waals surface area (Å²) >= 11 is 0. The third-order valence-electron chi connectivity index (χ3n) is 4.54. The molecule has 2 aromatic rings. The summed E-state index contributed by atoms with van der Waals surface area (Å²) in [7, 11) is 5.61. The van der Waals surface area contributed by atoms with E-state index in [-0.39, 0.29) is 35.8 Å². The molecule has 0 atom stereocenters. The molecule has 36 heavy (non-hydrogen) atoms. The highest BCUT2D eigenvalue weighted by Gasteiger charge is 2.25. The predicted molar refractivity (Wildman–Crippen MR) is 123 cm³/mol. The minimum absolute atomic E-state index is 0.0333. The van der Waals surface area contributed by atoms with Gasteiger partial charge in [-0.2, -0.15) is 0 Å². The zero-order valence-electron chi connectivity index (χ0n) is 20.8. The van der Waals surface area contributed by atoms with E-state index in [9.17, 15) is 9.59 Å². The van der Waals surface area contributed by atoms with E-state index in [1.54, 1.807) is 24.3 Å². The van der Waals surface area contributed by atoms with E-state index in [1.807, 2.05) is 6.92 Å². The van der Waals surface area contributed by atoms with Crippen LogP contribution in [0.25, 0.3) is 0 Å². The molecule has 12 heteroatoms. The summed E-state index contributed by atoms with van der Waals surface area (Å²) < 4.78 is 31.4. The molecule has 0 saturated carbocycles. The van der Waals surface area contributed by atoms with Crippen molar-refractivity contribution in [1.29, 1.82) is 0 Å². The van der Waals surface area contributed by atoms with Gasteiger partial charge in [-0.1, -0.05) is 12.1 Å². The van der Waals surface area contributed by atoms with Gasteiger partial charge in [0, 0.05) is 6.61 Å². The molecule has 0 radical (unpaired) electrons. The number of carbonyl (C=O) groups excluding carboxylic acids is 2. The summed E-state index contributed by atoms with van der Waals surface area (Å²) in [6.45, 7) is 2.59. The van der Waals surface area contributed by atoms with Crippen molar-refractivity contribution < 1.29 is 57.6 Å². The van der Waals surface area contributed by atoms with Crippen LogP contribution in [0, 0.1) is 0 Å². The Kier molecular flexibility index (Phi) is 12.3. The van der Waals surface area contributed by atoms with Crippen LogP contribution < -0.4 is 18.9 Å². The first-order valence-corrected chi connectivity index (χ1v) is 10.8. The lowest BCUT2D eigenvalue weighted by Gasteiger charge is -2.17. The highest BCUT2D eigenvalue weighted by Crippen LogP contribution is 2.32. The maximum absolute atomic E-state index is 12.6. The molecule has 0 spiro atoms. The SMILES string of the molecule is CCOCCOCC(OOC(=O)c1cccc(OC)c1OC)OOC(=O)c1cccc(OC)c1OC. The first-order valence-electron chi connectivity index (χ1n) is 10.8. The fraction of sp³-hybridized carbons (Fsp3) is 0.417. The van der Waals surface area contributed by atoms with E-state index in [2.05, 4.69) is 0 Å². The summed E-state index contributed by atoms with van der Waals surface area (Å²) in [5, 5.41) is 0. The van der Waals surface area contributed by atoms with E-state index in [1.165, 1.54) is 40.6 Å². The molecule has 198 valence electrons. The van der Waals surface area contributed by atoms with Crippen LogP contribution in [-0.2, 0) is 29.0 Å². The van der Waals surface area contributed by atoms with Gasteiger partial charge in [0.15, 0.2) is 23.0 Å². The van der Waals surface area contributed by atoms with Gasteiger partial charge in [0.25, 0.3) is 6.29 Å². The molecule has 0 aromatic heterocycles. The molecule has 2 aromatic carbocycles. The molecule has 0 aliphatic heterocycles. The van der Waals surface area contributed by atoms with Gasteiger partial charge in [-0.25, -0.2) is 9.59 Å². The van der Waals surface area contributed by atoms with Crippen molar-refractivity contribution in [3.8, 4) is 23.0 Å². The Morgan fingerprint density at radius 3 is 1.58 bits per heavy atom. The lowest BCUT2D eigenvalue weighted by molar-refractivity contribution is -0.427. The van der Waals surface area contributed by atoms with E-state index >= 15 is 0 Å². The van der Waals surface area contributed by atoms with E-state index in [0.717, 1.165) is 0 Å². The molecular weight excluding hydrogens is 480 g/mol. The lowest BCUT2D eigenvalue weighted by Crippen LogP contribution is -2.27. The largest absolute Gasteiger partial charge is 0.493 e. The van der Waals surface area contributed by atoms with Gasteiger partial charge in [0.2, 0.25) is 0 Å². The highest BCUT2D eigenvalue weighted by atomic mass is 17.3. The smallest absolute Gasteiger partial charge is 0.377 e. The molecule has 0 aliphatic carbocycles. The second-order valence-corrected chi connectivity index (χ2v) is 6.72. The van der Waals surface area contributed by atoms with Crippen molar-refractivity contribution in [3.05, 3.63) is 47.5 Å². The van der Waals surface area contributed by atoms with Crippen molar-refractivity contribution in [2.24, 2.45) is 0 Å². The summed E-state index contributed by atoms with van der Waals surface area (Å²) in [5.41, 5.74) is 0.0666. The van der Waals surface area contributed by atoms with Crippen molar-refractivity contribution >= 4 is 11.9 Å². The molecule has 0 N–H and O–H groups in total. The van der Waals surface area contributed by atoms with Crippen LogP contribution in [0.2, 0.25) is 0 Å². The number of methoxy groups -OCH3 is 4. The standard InChI is InChI=1S/C24H30O12/c1-6-31-13-14-32-15-20(33-35-23(25)16-9-7-11-18(27-2)21(16)29-4)34-36-24(26)17-10-8-12-19(28-3)22(17)30-5/h7-12,20H,6,13-15H2,1-5H3. The van der Waals surface area contributed by atoms with Crippen LogP contribution in [0.1, 0.15) is 27.6 Å². The molecule has 0 fully saturated rings. The molecule has 0 aliphatic rings. The number of hydrogen-bond donors (Lipinski definition) is 0. The summed E-state index contributed by atoms with van der Waals surface area (Å²) in [6.07, 6.45) is -1.44. The quantitative estimate of drug-likeness (QED) is 0.143. The Bertz CT molecular complexity index is 906. The van der Waals surface area contributed by atoms with E-state index in [0.29, 0.717) is 24.7 Å². The molecule has 0 heterocycles. The Balaban J connectivity index is 2.07. The van der Waals surface area contributed by atoms with Gasteiger partial charge in [0.05, 0.1) is 41.7 Å². The summed E-state index contributed by atoms with van der Waals surface area (Å²) in [5.74, 6) is -0.879. The fourth-order valence-electron chi connectivity index (χ4n) is 2.89. The molecule has 0 amide bonds. The molecule has 0 bridgehead atoms. The first kappa shape index (κ1) is 28.7. The topological polar surface area (TPSA) is 126 Å². The summed E-state index contributed by atoms with van der Waals surface area (Å²) in [4.78, 5) is 45.1. The van der Waals surface area contributed by atoms with E-state index < -0.39 is 18.2 Å². The van der Waals surface area contributed by atoms with Crippen molar-refractivity contribution in [3.63, 3.8) is 0 Å². The number of ether oxygens (including phenoxy) is 6. The molecular formula is C24H30O12. The van der Waals surface area contributed by atoms with Crippen molar-refractivity contribution in [2.75, 3.05) is 54.9 Å². The van der Waals surface area contributed by atoms with Crippen LogP contribution in [0.3, 0.4) is 0 Å². The highest BCUT2D eigenvalue weighted by molar-refractivity contribution is 5.93. The van der Waals surface area contributed by atoms with Crippen molar-refractivity contribution in [2.45, 2.75) is 13.2 Å². The second-order valence-electron chi connectivity index (χ2n) is 6.72. The van der Waals surface area contributed by atoms with Gasteiger partial charge in [-0.05, 0) is 31.2 Å². The normalized spacial score (nSPS) is 10.6. The van der Waals surface area contributed by atoms with Crippen LogP contribution in [0.4, 0.5) is 0 Å². The molecule has 12 nitrogen and oxygen atoms in total. The number of para-hydroxylation sites is 2. The van der Waals surface area contributed by atoms with Crippen LogP contribution >= 0.6 is 0 Å². The minimum atomic E-state index is -1.44. The van der Waals surface area contributed by atoms with Gasteiger partial charge < -0.3 is 28.4 Å².